The Morgan fingerprint density at radius 3 is 2.76 bits per heavy atom. The van der Waals surface area contributed by atoms with Gasteiger partial charge in [-0.2, -0.15) is 10.2 Å². The number of ether oxygens (including phenoxy) is 2. The van der Waals surface area contributed by atoms with E-state index in [0.29, 0.717) is 34.3 Å². The van der Waals surface area contributed by atoms with Crippen LogP contribution in [0.1, 0.15) is 32.7 Å². The molecule has 7 nitrogen and oxygen atoms in total. The fourth-order valence-electron chi connectivity index (χ4n) is 2.94. The lowest BCUT2D eigenvalue weighted by molar-refractivity contribution is 0.0954. The number of fused-ring (bicyclic) bond motifs is 1. The number of rotatable bonds is 5. The molecular formula is C21H19ClN4O3. The van der Waals surface area contributed by atoms with E-state index in [-0.39, 0.29) is 12.7 Å². The van der Waals surface area contributed by atoms with Crippen LogP contribution in [0.15, 0.2) is 47.6 Å². The fourth-order valence-corrected chi connectivity index (χ4v) is 3.23. The van der Waals surface area contributed by atoms with Crippen molar-refractivity contribution < 1.29 is 14.3 Å². The summed E-state index contributed by atoms with van der Waals surface area (Å²) in [6, 6.07) is 13.1. The first-order valence-electron chi connectivity index (χ1n) is 9.03. The van der Waals surface area contributed by atoms with E-state index in [1.54, 1.807) is 22.9 Å². The molecule has 1 aromatic heterocycles. The Balaban J connectivity index is 1.45. The van der Waals surface area contributed by atoms with Crippen LogP contribution in [-0.2, 0) is 6.54 Å². The third-order valence-corrected chi connectivity index (χ3v) is 4.96. The van der Waals surface area contributed by atoms with Gasteiger partial charge in [0.15, 0.2) is 11.5 Å². The molecule has 1 N–H and O–H groups in total. The number of nitrogens with one attached hydrogen (secondary N) is 1. The minimum atomic E-state index is -0.361. The van der Waals surface area contributed by atoms with E-state index in [1.807, 2.05) is 38.1 Å². The Labute approximate surface area is 172 Å². The highest BCUT2D eigenvalue weighted by atomic mass is 35.5. The van der Waals surface area contributed by atoms with Crippen molar-refractivity contribution in [3.05, 3.63) is 75.6 Å². The summed E-state index contributed by atoms with van der Waals surface area (Å²) in [6.45, 7) is 4.60. The zero-order valence-electron chi connectivity index (χ0n) is 16.0. The number of hydrazone groups is 1. The average molecular weight is 411 g/mol. The molecule has 148 valence electrons. The van der Waals surface area contributed by atoms with Gasteiger partial charge in [-0.15, -0.1) is 0 Å². The molecule has 2 heterocycles. The Hall–Kier alpha value is -3.32. The number of hydrogen-bond acceptors (Lipinski definition) is 5. The molecule has 0 atom stereocenters. The standard InChI is InChI=1S/C21H19ClN4O3/c1-13-3-5-15(6-4-13)11-26-20(22)17(14(2)25-26)10-23-24-21(27)16-7-8-18-19(9-16)29-12-28-18/h3-10H,11-12H2,1-2H3,(H,24,27)/b23-10-. The summed E-state index contributed by atoms with van der Waals surface area (Å²) >= 11 is 6.47. The first-order valence-corrected chi connectivity index (χ1v) is 9.40. The maximum atomic E-state index is 12.3. The van der Waals surface area contributed by atoms with Crippen LogP contribution < -0.4 is 14.9 Å². The second kappa shape index (κ2) is 7.97. The lowest BCUT2D eigenvalue weighted by atomic mass is 10.1. The quantitative estimate of drug-likeness (QED) is 0.514. The summed E-state index contributed by atoms with van der Waals surface area (Å²) in [5.74, 6) is 0.798. The summed E-state index contributed by atoms with van der Waals surface area (Å²) in [5, 5.41) is 8.97. The number of halogens is 1. The molecular weight excluding hydrogens is 392 g/mol. The first-order chi connectivity index (χ1) is 14.0. The van der Waals surface area contributed by atoms with Crippen molar-refractivity contribution in [1.29, 1.82) is 0 Å². The summed E-state index contributed by atoms with van der Waals surface area (Å²) < 4.78 is 12.2. The van der Waals surface area contributed by atoms with E-state index >= 15 is 0 Å². The maximum absolute atomic E-state index is 12.3. The smallest absolute Gasteiger partial charge is 0.271 e. The highest BCUT2D eigenvalue weighted by molar-refractivity contribution is 6.32. The molecule has 1 aliphatic rings. The van der Waals surface area contributed by atoms with Crippen LogP contribution in [0.25, 0.3) is 0 Å². The molecule has 1 amide bonds. The van der Waals surface area contributed by atoms with Crippen molar-refractivity contribution in [3.63, 3.8) is 0 Å². The molecule has 0 saturated heterocycles. The third kappa shape index (κ3) is 4.09. The van der Waals surface area contributed by atoms with Gasteiger partial charge >= 0.3 is 0 Å². The lowest BCUT2D eigenvalue weighted by Gasteiger charge is -2.04. The molecule has 29 heavy (non-hydrogen) atoms. The number of hydrogen-bond donors (Lipinski definition) is 1. The van der Waals surface area contributed by atoms with Gasteiger partial charge in [0.1, 0.15) is 5.15 Å². The van der Waals surface area contributed by atoms with Crippen LogP contribution in [0, 0.1) is 13.8 Å². The molecule has 0 unspecified atom stereocenters. The van der Waals surface area contributed by atoms with Crippen LogP contribution in [0.2, 0.25) is 5.15 Å². The summed E-state index contributed by atoms with van der Waals surface area (Å²) in [6.07, 6.45) is 1.50. The zero-order chi connectivity index (χ0) is 20.4. The van der Waals surface area contributed by atoms with E-state index < -0.39 is 0 Å². The zero-order valence-corrected chi connectivity index (χ0v) is 16.7. The van der Waals surface area contributed by atoms with E-state index in [9.17, 15) is 4.79 Å². The molecule has 0 saturated carbocycles. The number of carbonyl (C=O) groups is 1. The fraction of sp³-hybridized carbons (Fsp3) is 0.190. The number of aromatic nitrogens is 2. The second-order valence-corrected chi connectivity index (χ2v) is 7.06. The van der Waals surface area contributed by atoms with Gasteiger partial charge in [0.25, 0.3) is 5.91 Å². The van der Waals surface area contributed by atoms with Crippen LogP contribution in [0.5, 0.6) is 11.5 Å². The van der Waals surface area contributed by atoms with Gasteiger partial charge in [0.05, 0.1) is 24.0 Å². The molecule has 0 fully saturated rings. The molecule has 0 aliphatic carbocycles. The van der Waals surface area contributed by atoms with Gasteiger partial charge in [-0.05, 0) is 37.6 Å². The van der Waals surface area contributed by atoms with Crippen LogP contribution in [0.3, 0.4) is 0 Å². The van der Waals surface area contributed by atoms with Gasteiger partial charge in [0, 0.05) is 5.56 Å². The first kappa shape index (κ1) is 19.0. The number of amides is 1. The third-order valence-electron chi connectivity index (χ3n) is 4.56. The summed E-state index contributed by atoms with van der Waals surface area (Å²) in [5.41, 5.74) is 6.59. The Bertz CT molecular complexity index is 1090. The summed E-state index contributed by atoms with van der Waals surface area (Å²) in [4.78, 5) is 12.3. The predicted molar refractivity (Wildman–Crippen MR) is 110 cm³/mol. The average Bonchev–Trinajstić information content (AvgIpc) is 3.28. The minimum absolute atomic E-state index is 0.156. The number of carbonyl (C=O) groups excluding carboxylic acids is 1. The number of nitrogens with zero attached hydrogens (tertiary/aromatic N) is 3. The molecule has 8 heteroatoms. The predicted octanol–water partition coefficient (Wildman–Crippen LogP) is 3.69. The van der Waals surface area contributed by atoms with Crippen molar-refractivity contribution in [1.82, 2.24) is 15.2 Å². The topological polar surface area (TPSA) is 77.7 Å². The van der Waals surface area contributed by atoms with E-state index in [2.05, 4.69) is 15.6 Å². The Kier molecular flexibility index (Phi) is 5.22. The monoisotopic (exact) mass is 410 g/mol. The molecule has 3 aromatic rings. The SMILES string of the molecule is Cc1ccc(Cn2nc(C)c(/C=N\NC(=O)c3ccc4c(c3)OCO4)c2Cl)cc1. The van der Waals surface area contributed by atoms with Crippen LogP contribution in [0.4, 0.5) is 0 Å². The largest absolute Gasteiger partial charge is 0.454 e. The Morgan fingerprint density at radius 1 is 1.21 bits per heavy atom. The maximum Gasteiger partial charge on any atom is 0.271 e. The second-order valence-electron chi connectivity index (χ2n) is 6.70. The van der Waals surface area contributed by atoms with Crippen molar-refractivity contribution in [2.45, 2.75) is 20.4 Å². The molecule has 1 aliphatic heterocycles. The van der Waals surface area contributed by atoms with Gasteiger partial charge < -0.3 is 9.47 Å². The molecule has 4 rings (SSSR count). The van der Waals surface area contributed by atoms with Gasteiger partial charge in [-0.25, -0.2) is 10.1 Å². The van der Waals surface area contributed by atoms with Crippen molar-refractivity contribution >= 4 is 23.7 Å². The highest BCUT2D eigenvalue weighted by Gasteiger charge is 2.16. The van der Waals surface area contributed by atoms with Crippen LogP contribution in [-0.4, -0.2) is 28.7 Å². The van der Waals surface area contributed by atoms with Crippen molar-refractivity contribution in [2.24, 2.45) is 5.10 Å². The molecule has 0 radical (unpaired) electrons. The number of aryl methyl sites for hydroxylation is 2. The van der Waals surface area contributed by atoms with E-state index in [1.165, 1.54) is 11.8 Å². The number of benzene rings is 2. The molecule has 0 bridgehead atoms. The minimum Gasteiger partial charge on any atom is -0.454 e. The Morgan fingerprint density at radius 2 is 1.97 bits per heavy atom. The van der Waals surface area contributed by atoms with Gasteiger partial charge in [0.2, 0.25) is 6.79 Å². The molecule has 2 aromatic carbocycles. The highest BCUT2D eigenvalue weighted by Crippen LogP contribution is 2.32. The van der Waals surface area contributed by atoms with E-state index in [0.717, 1.165) is 11.3 Å². The molecule has 0 spiro atoms. The lowest BCUT2D eigenvalue weighted by Crippen LogP contribution is -2.17. The van der Waals surface area contributed by atoms with Crippen LogP contribution >= 0.6 is 11.6 Å². The van der Waals surface area contributed by atoms with Gasteiger partial charge in [-0.1, -0.05) is 41.4 Å². The van der Waals surface area contributed by atoms with Crippen molar-refractivity contribution in [3.8, 4) is 11.5 Å². The van der Waals surface area contributed by atoms with E-state index in [4.69, 9.17) is 21.1 Å². The normalized spacial score (nSPS) is 12.5. The summed E-state index contributed by atoms with van der Waals surface area (Å²) in [7, 11) is 0. The van der Waals surface area contributed by atoms with Gasteiger partial charge in [-0.3, -0.25) is 4.79 Å². The van der Waals surface area contributed by atoms with Crippen molar-refractivity contribution in [2.75, 3.05) is 6.79 Å².